The zero-order chi connectivity index (χ0) is 26.2. The minimum absolute atomic E-state index is 0.00396. The molecule has 2 aromatic carbocycles. The van der Waals surface area contributed by atoms with E-state index in [9.17, 15) is 19.7 Å². The molecule has 3 rings (SSSR count). The molecule has 36 heavy (non-hydrogen) atoms. The van der Waals surface area contributed by atoms with Gasteiger partial charge in [-0.15, -0.1) is 16.8 Å². The molecule has 2 amide bonds. The lowest BCUT2D eigenvalue weighted by atomic mass is 10.2. The highest BCUT2D eigenvalue weighted by Gasteiger charge is 2.21. The Morgan fingerprint density at radius 1 is 1.25 bits per heavy atom. The minimum Gasteiger partial charge on any atom is -0.497 e. The Labute approximate surface area is 212 Å². The standard InChI is InChI=1S/C24H26N6O5S/c1-5-12-29-22(16(3)25-23(32)17-7-10-19(35-4)11-8-17)27-28-24(29)36-14-21(31)26-20-13-18(30(33)34)9-6-15(20)2/h5-11,13,16H,1,12,14H2,2-4H3,(H,25,32)(H,26,31). The van der Waals surface area contributed by atoms with Gasteiger partial charge in [-0.2, -0.15) is 0 Å². The number of hydrogen-bond donors (Lipinski definition) is 2. The number of carbonyl (C=O) groups excluding carboxylic acids is 2. The monoisotopic (exact) mass is 510 g/mol. The second kappa shape index (κ2) is 12.0. The van der Waals surface area contributed by atoms with Crippen LogP contribution in [0.4, 0.5) is 11.4 Å². The quantitative estimate of drug-likeness (QED) is 0.171. The molecule has 1 aromatic heterocycles. The fourth-order valence-corrected chi connectivity index (χ4v) is 4.04. The summed E-state index contributed by atoms with van der Waals surface area (Å²) in [5.74, 6) is 0.536. The van der Waals surface area contributed by atoms with Crippen LogP contribution >= 0.6 is 11.8 Å². The van der Waals surface area contributed by atoms with Gasteiger partial charge in [0, 0.05) is 24.2 Å². The van der Waals surface area contributed by atoms with Gasteiger partial charge < -0.3 is 19.9 Å². The molecular weight excluding hydrogens is 484 g/mol. The Kier molecular flexibility index (Phi) is 8.79. The number of nitro groups is 1. The van der Waals surface area contributed by atoms with Gasteiger partial charge >= 0.3 is 0 Å². The fourth-order valence-electron chi connectivity index (χ4n) is 3.29. The molecule has 0 aliphatic carbocycles. The number of allylic oxidation sites excluding steroid dienone is 1. The molecule has 0 bridgehead atoms. The van der Waals surface area contributed by atoms with E-state index in [1.54, 1.807) is 61.9 Å². The lowest BCUT2D eigenvalue weighted by Gasteiger charge is -2.15. The van der Waals surface area contributed by atoms with Gasteiger partial charge in [-0.05, 0) is 43.7 Å². The predicted octanol–water partition coefficient (Wildman–Crippen LogP) is 3.91. The molecule has 12 heteroatoms. The van der Waals surface area contributed by atoms with Crippen LogP contribution in [0.2, 0.25) is 0 Å². The number of ether oxygens (including phenoxy) is 1. The minimum atomic E-state index is -0.516. The van der Waals surface area contributed by atoms with Gasteiger partial charge in [0.2, 0.25) is 5.91 Å². The van der Waals surface area contributed by atoms with E-state index in [0.29, 0.717) is 40.1 Å². The summed E-state index contributed by atoms with van der Waals surface area (Å²) in [6.07, 6.45) is 1.67. The van der Waals surface area contributed by atoms with Crippen LogP contribution in [0.15, 0.2) is 60.3 Å². The van der Waals surface area contributed by atoms with Gasteiger partial charge in [-0.3, -0.25) is 19.7 Å². The summed E-state index contributed by atoms with van der Waals surface area (Å²) >= 11 is 1.16. The van der Waals surface area contributed by atoms with Crippen LogP contribution < -0.4 is 15.4 Å². The van der Waals surface area contributed by atoms with Crippen molar-refractivity contribution in [2.24, 2.45) is 0 Å². The molecule has 2 N–H and O–H groups in total. The van der Waals surface area contributed by atoms with Crippen molar-refractivity contribution in [1.29, 1.82) is 0 Å². The Morgan fingerprint density at radius 3 is 2.61 bits per heavy atom. The molecule has 0 spiro atoms. The van der Waals surface area contributed by atoms with Crippen LogP contribution in [0.3, 0.4) is 0 Å². The van der Waals surface area contributed by atoms with Crippen LogP contribution in [-0.2, 0) is 11.3 Å². The SMILES string of the molecule is C=CCn1c(SCC(=O)Nc2cc([N+](=O)[O-])ccc2C)nnc1C(C)NC(=O)c1ccc(OC)cc1. The van der Waals surface area contributed by atoms with E-state index in [2.05, 4.69) is 27.4 Å². The van der Waals surface area contributed by atoms with Crippen LogP contribution in [-0.4, -0.2) is 44.4 Å². The summed E-state index contributed by atoms with van der Waals surface area (Å²) in [7, 11) is 1.55. The third-order valence-electron chi connectivity index (χ3n) is 5.18. The highest BCUT2D eigenvalue weighted by atomic mass is 32.2. The first kappa shape index (κ1) is 26.4. The van der Waals surface area contributed by atoms with E-state index < -0.39 is 11.0 Å². The van der Waals surface area contributed by atoms with Crippen molar-refractivity contribution in [3.63, 3.8) is 0 Å². The number of nitrogens with zero attached hydrogens (tertiary/aromatic N) is 4. The zero-order valence-corrected chi connectivity index (χ0v) is 20.9. The third kappa shape index (κ3) is 6.48. The number of aromatic nitrogens is 3. The Morgan fingerprint density at radius 2 is 1.97 bits per heavy atom. The predicted molar refractivity (Wildman–Crippen MR) is 136 cm³/mol. The van der Waals surface area contributed by atoms with Crippen molar-refractivity contribution in [3.8, 4) is 5.75 Å². The summed E-state index contributed by atoms with van der Waals surface area (Å²) in [4.78, 5) is 35.7. The fraction of sp³-hybridized carbons (Fsp3) is 0.250. The zero-order valence-electron chi connectivity index (χ0n) is 20.1. The summed E-state index contributed by atoms with van der Waals surface area (Å²) in [6.45, 7) is 7.68. The summed E-state index contributed by atoms with van der Waals surface area (Å²) in [6, 6.07) is 10.6. The molecule has 0 fully saturated rings. The van der Waals surface area contributed by atoms with Crippen LogP contribution in [0.1, 0.15) is 34.7 Å². The average Bonchev–Trinajstić information content (AvgIpc) is 3.26. The van der Waals surface area contributed by atoms with Crippen molar-refractivity contribution in [2.75, 3.05) is 18.2 Å². The van der Waals surface area contributed by atoms with Crippen LogP contribution in [0, 0.1) is 17.0 Å². The molecule has 3 aromatic rings. The first-order valence-corrected chi connectivity index (χ1v) is 11.9. The summed E-state index contributed by atoms with van der Waals surface area (Å²) < 4.78 is 6.88. The number of carbonyl (C=O) groups is 2. The van der Waals surface area contributed by atoms with E-state index in [-0.39, 0.29) is 23.3 Å². The van der Waals surface area contributed by atoms with E-state index in [4.69, 9.17) is 4.74 Å². The van der Waals surface area contributed by atoms with E-state index in [1.165, 1.54) is 12.1 Å². The number of non-ortho nitro benzene ring substituents is 1. The molecule has 1 unspecified atom stereocenters. The molecule has 0 saturated heterocycles. The topological polar surface area (TPSA) is 141 Å². The second-order valence-corrected chi connectivity index (χ2v) is 8.70. The maximum atomic E-state index is 12.7. The van der Waals surface area contributed by atoms with Crippen LogP contribution in [0.5, 0.6) is 5.75 Å². The van der Waals surface area contributed by atoms with Gasteiger partial charge in [0.1, 0.15) is 5.75 Å². The van der Waals surface area contributed by atoms with E-state index in [0.717, 1.165) is 11.8 Å². The number of hydrogen-bond acceptors (Lipinski definition) is 8. The molecular formula is C24H26N6O5S. The van der Waals surface area contributed by atoms with Crippen molar-refractivity contribution in [2.45, 2.75) is 31.6 Å². The Balaban J connectivity index is 1.67. The normalized spacial score (nSPS) is 11.4. The van der Waals surface area contributed by atoms with Crippen LogP contribution in [0.25, 0.3) is 0 Å². The van der Waals surface area contributed by atoms with Gasteiger partial charge in [0.15, 0.2) is 11.0 Å². The molecule has 0 radical (unpaired) electrons. The molecule has 0 aliphatic rings. The number of aryl methyl sites for hydroxylation is 1. The Bertz CT molecular complexity index is 1270. The number of nitrogens with one attached hydrogen (secondary N) is 2. The summed E-state index contributed by atoms with van der Waals surface area (Å²) in [5.41, 5.74) is 1.44. The number of benzene rings is 2. The average molecular weight is 511 g/mol. The van der Waals surface area contributed by atoms with Gasteiger partial charge in [0.05, 0.1) is 29.5 Å². The second-order valence-electron chi connectivity index (χ2n) is 7.76. The largest absolute Gasteiger partial charge is 0.497 e. The first-order valence-electron chi connectivity index (χ1n) is 10.9. The van der Waals surface area contributed by atoms with Crippen molar-refractivity contribution >= 4 is 35.0 Å². The molecule has 188 valence electrons. The lowest BCUT2D eigenvalue weighted by molar-refractivity contribution is -0.384. The lowest BCUT2D eigenvalue weighted by Crippen LogP contribution is -2.28. The van der Waals surface area contributed by atoms with Crippen molar-refractivity contribution in [3.05, 3.63) is 82.2 Å². The number of rotatable bonds is 11. The maximum Gasteiger partial charge on any atom is 0.271 e. The number of thioether (sulfide) groups is 1. The number of nitro benzene ring substituents is 1. The summed E-state index contributed by atoms with van der Waals surface area (Å²) in [5, 5.41) is 25.5. The highest BCUT2D eigenvalue weighted by molar-refractivity contribution is 7.99. The highest BCUT2D eigenvalue weighted by Crippen LogP contribution is 2.24. The number of amides is 2. The van der Waals surface area contributed by atoms with Gasteiger partial charge in [-0.1, -0.05) is 23.9 Å². The molecule has 0 aliphatic heterocycles. The van der Waals surface area contributed by atoms with Crippen molar-refractivity contribution < 1.29 is 19.2 Å². The van der Waals surface area contributed by atoms with Gasteiger partial charge in [0.25, 0.3) is 11.6 Å². The number of methoxy groups -OCH3 is 1. The van der Waals surface area contributed by atoms with E-state index >= 15 is 0 Å². The number of anilines is 1. The molecule has 0 saturated carbocycles. The molecule has 1 atom stereocenters. The van der Waals surface area contributed by atoms with E-state index in [1.807, 2.05) is 0 Å². The third-order valence-corrected chi connectivity index (χ3v) is 6.15. The molecule has 11 nitrogen and oxygen atoms in total. The van der Waals surface area contributed by atoms with Gasteiger partial charge in [-0.25, -0.2) is 0 Å². The maximum absolute atomic E-state index is 12.7. The first-order chi connectivity index (χ1) is 17.2. The molecule has 1 heterocycles. The van der Waals surface area contributed by atoms with Crippen molar-refractivity contribution in [1.82, 2.24) is 20.1 Å². The smallest absolute Gasteiger partial charge is 0.271 e. The Hall–Kier alpha value is -4.19.